The number of nitrogens with one attached hydrogen (secondary N) is 1. The lowest BCUT2D eigenvalue weighted by atomic mass is 9.83. The molecule has 1 aliphatic heterocycles. The van der Waals surface area contributed by atoms with E-state index in [1.807, 2.05) is 67.6 Å². The first-order chi connectivity index (χ1) is 15.1. The summed E-state index contributed by atoms with van der Waals surface area (Å²) in [6, 6.07) is 21.5. The van der Waals surface area contributed by atoms with E-state index in [4.69, 9.17) is 22.1 Å². The molecule has 4 aromatic rings. The number of rotatable bonds is 3. The molecule has 2 aromatic carbocycles. The van der Waals surface area contributed by atoms with Crippen LogP contribution in [-0.4, -0.2) is 20.0 Å². The number of allylic oxidation sites excluding steroid dienone is 1. The molecule has 0 amide bonds. The second kappa shape index (κ2) is 7.35. The molecule has 0 saturated carbocycles. The highest BCUT2D eigenvalue weighted by Gasteiger charge is 2.39. The smallest absolute Gasteiger partial charge is 0.244 e. The fraction of sp³-hybridized carbons (Fsp3) is 0.0870. The molecule has 1 atom stereocenters. The number of para-hydroxylation sites is 1. The summed E-state index contributed by atoms with van der Waals surface area (Å²) in [6.07, 6.45) is 0. The number of aryl methyl sites for hydroxylation is 1. The number of hydrogen-bond acceptors (Lipinski definition) is 5. The van der Waals surface area contributed by atoms with E-state index >= 15 is 0 Å². The minimum atomic E-state index is -0.576. The van der Waals surface area contributed by atoms with E-state index in [0.29, 0.717) is 27.9 Å². The lowest BCUT2D eigenvalue weighted by Crippen LogP contribution is -2.21. The van der Waals surface area contributed by atoms with Gasteiger partial charge in [-0.25, -0.2) is 4.68 Å². The summed E-state index contributed by atoms with van der Waals surface area (Å²) in [5, 5.41) is 22.4. The number of hydrogen-bond donors (Lipinski definition) is 2. The Bertz CT molecular complexity index is 1350. The van der Waals surface area contributed by atoms with Crippen LogP contribution in [0.4, 0.5) is 0 Å². The van der Waals surface area contributed by atoms with Crippen molar-refractivity contribution in [2.45, 2.75) is 12.8 Å². The Morgan fingerprint density at radius 3 is 2.45 bits per heavy atom. The number of H-pyrrole nitrogens is 1. The summed E-state index contributed by atoms with van der Waals surface area (Å²) in [6.45, 7) is 1.86. The van der Waals surface area contributed by atoms with E-state index in [1.165, 1.54) is 0 Å². The molecular formula is C23H17ClN6O. The molecule has 2 aromatic heterocycles. The monoisotopic (exact) mass is 428 g/mol. The molecule has 0 bridgehead atoms. The number of aromatic nitrogens is 4. The first kappa shape index (κ1) is 19.0. The third-order valence-corrected chi connectivity index (χ3v) is 5.70. The Kier molecular flexibility index (Phi) is 4.50. The van der Waals surface area contributed by atoms with Gasteiger partial charge in [-0.15, -0.1) is 5.10 Å². The van der Waals surface area contributed by atoms with Gasteiger partial charge in [0.2, 0.25) is 11.8 Å². The molecule has 152 valence electrons. The summed E-state index contributed by atoms with van der Waals surface area (Å²) < 4.78 is 7.34. The van der Waals surface area contributed by atoms with Crippen molar-refractivity contribution in [2.75, 3.05) is 0 Å². The maximum Gasteiger partial charge on any atom is 0.244 e. The van der Waals surface area contributed by atoms with Crippen molar-refractivity contribution in [3.8, 4) is 28.9 Å². The van der Waals surface area contributed by atoms with Gasteiger partial charge in [0, 0.05) is 5.56 Å². The summed E-state index contributed by atoms with van der Waals surface area (Å²) >= 11 is 6.86. The Morgan fingerprint density at radius 2 is 1.77 bits per heavy atom. The number of ether oxygens (including phenoxy) is 1. The van der Waals surface area contributed by atoms with E-state index in [2.05, 4.69) is 21.4 Å². The minimum Gasteiger partial charge on any atom is -0.420 e. The predicted octanol–water partition coefficient (Wildman–Crippen LogP) is 4.44. The number of nitriles is 1. The highest BCUT2D eigenvalue weighted by Crippen LogP contribution is 2.48. The van der Waals surface area contributed by atoms with Crippen LogP contribution >= 0.6 is 11.6 Å². The fourth-order valence-corrected chi connectivity index (χ4v) is 4.32. The van der Waals surface area contributed by atoms with Crippen LogP contribution in [0.1, 0.15) is 22.7 Å². The molecule has 0 fully saturated rings. The Morgan fingerprint density at radius 1 is 1.10 bits per heavy atom. The van der Waals surface area contributed by atoms with Crippen LogP contribution in [0.15, 0.2) is 72.1 Å². The normalized spacial score (nSPS) is 15.3. The summed E-state index contributed by atoms with van der Waals surface area (Å²) in [4.78, 5) is 0. The topological polar surface area (TPSA) is 106 Å². The molecule has 8 heteroatoms. The molecule has 0 radical (unpaired) electrons. The molecular weight excluding hydrogens is 412 g/mol. The zero-order valence-electron chi connectivity index (χ0n) is 16.5. The van der Waals surface area contributed by atoms with Crippen molar-refractivity contribution in [2.24, 2.45) is 5.73 Å². The van der Waals surface area contributed by atoms with Crippen LogP contribution in [0.2, 0.25) is 5.15 Å². The Hall–Kier alpha value is -4.02. The molecule has 0 aliphatic carbocycles. The SMILES string of the molecule is Cc1nn(-c2ccccc2)c(Cl)c1[C@@H]1C(C#N)=C(N)Oc2n[nH]c(-c3ccccc3)c21. The van der Waals surface area contributed by atoms with E-state index in [-0.39, 0.29) is 11.5 Å². The average molecular weight is 429 g/mol. The number of fused-ring (bicyclic) bond motifs is 1. The Labute approximate surface area is 183 Å². The van der Waals surface area contributed by atoms with Crippen molar-refractivity contribution in [3.63, 3.8) is 0 Å². The molecule has 1 aliphatic rings. The van der Waals surface area contributed by atoms with Gasteiger partial charge in [-0.05, 0) is 24.6 Å². The third kappa shape index (κ3) is 2.97. The van der Waals surface area contributed by atoms with E-state index in [9.17, 15) is 5.26 Å². The molecule has 0 spiro atoms. The van der Waals surface area contributed by atoms with Gasteiger partial charge in [0.1, 0.15) is 16.8 Å². The van der Waals surface area contributed by atoms with Crippen LogP contribution in [0.3, 0.4) is 0 Å². The molecule has 0 saturated heterocycles. The van der Waals surface area contributed by atoms with Crippen LogP contribution in [0.5, 0.6) is 5.88 Å². The summed E-state index contributed by atoms with van der Waals surface area (Å²) in [5.41, 5.74) is 10.9. The zero-order chi connectivity index (χ0) is 21.5. The van der Waals surface area contributed by atoms with Crippen LogP contribution in [0, 0.1) is 18.3 Å². The second-order valence-corrected chi connectivity index (χ2v) is 7.50. The van der Waals surface area contributed by atoms with Gasteiger partial charge in [-0.2, -0.15) is 10.4 Å². The molecule has 0 unspecified atom stereocenters. The van der Waals surface area contributed by atoms with Gasteiger partial charge >= 0.3 is 0 Å². The standard InChI is InChI=1S/C23H17ClN6O/c1-13-17(21(24)30(29-13)15-10-6-3-7-11-15)18-16(12-25)22(26)31-23-19(18)20(27-28-23)14-8-4-2-5-9-14/h2-11,18H,26H2,1H3,(H,27,28)/t18-/m0/s1. The van der Waals surface area contributed by atoms with Crippen molar-refractivity contribution in [3.05, 3.63) is 94.1 Å². The highest BCUT2D eigenvalue weighted by molar-refractivity contribution is 6.30. The van der Waals surface area contributed by atoms with Gasteiger partial charge < -0.3 is 10.5 Å². The zero-order valence-corrected chi connectivity index (χ0v) is 17.3. The average Bonchev–Trinajstić information content (AvgIpc) is 3.34. The van der Waals surface area contributed by atoms with E-state index < -0.39 is 5.92 Å². The van der Waals surface area contributed by atoms with E-state index in [0.717, 1.165) is 16.9 Å². The quantitative estimate of drug-likeness (QED) is 0.501. The minimum absolute atomic E-state index is 0.00837. The number of nitrogens with two attached hydrogens (primary N) is 1. The number of benzene rings is 2. The maximum absolute atomic E-state index is 9.95. The molecule has 3 N–H and O–H groups in total. The molecule has 7 nitrogen and oxygen atoms in total. The van der Waals surface area contributed by atoms with E-state index in [1.54, 1.807) is 4.68 Å². The second-order valence-electron chi connectivity index (χ2n) is 7.15. The number of halogens is 1. The van der Waals surface area contributed by atoms with Gasteiger partial charge in [-0.3, -0.25) is 5.10 Å². The van der Waals surface area contributed by atoms with Gasteiger partial charge in [0.25, 0.3) is 0 Å². The van der Waals surface area contributed by atoms with Crippen molar-refractivity contribution < 1.29 is 4.74 Å². The number of aromatic amines is 1. The van der Waals surface area contributed by atoms with Crippen LogP contribution in [-0.2, 0) is 0 Å². The van der Waals surface area contributed by atoms with Crippen molar-refractivity contribution >= 4 is 11.6 Å². The largest absolute Gasteiger partial charge is 0.420 e. The lowest BCUT2D eigenvalue weighted by molar-refractivity contribution is 0.379. The van der Waals surface area contributed by atoms with Gasteiger partial charge in [0.05, 0.1) is 28.6 Å². The van der Waals surface area contributed by atoms with Crippen LogP contribution < -0.4 is 10.5 Å². The maximum atomic E-state index is 9.95. The summed E-state index contributed by atoms with van der Waals surface area (Å²) in [7, 11) is 0. The molecule has 5 rings (SSSR count). The summed E-state index contributed by atoms with van der Waals surface area (Å²) in [5.74, 6) is -0.245. The fourth-order valence-electron chi connectivity index (χ4n) is 3.94. The van der Waals surface area contributed by atoms with Gasteiger partial charge in [-0.1, -0.05) is 60.1 Å². The Balaban J connectivity index is 1.76. The van der Waals surface area contributed by atoms with Crippen LogP contribution in [0.25, 0.3) is 16.9 Å². The first-order valence-electron chi connectivity index (χ1n) is 9.61. The van der Waals surface area contributed by atoms with Gasteiger partial charge in [0.15, 0.2) is 0 Å². The lowest BCUT2D eigenvalue weighted by Gasteiger charge is -2.24. The number of nitrogens with zero attached hydrogens (tertiary/aromatic N) is 4. The first-order valence-corrected chi connectivity index (χ1v) is 9.99. The van der Waals surface area contributed by atoms with Crippen molar-refractivity contribution in [1.82, 2.24) is 20.0 Å². The molecule has 3 heterocycles. The highest BCUT2D eigenvalue weighted by atomic mass is 35.5. The third-order valence-electron chi connectivity index (χ3n) is 5.34. The van der Waals surface area contributed by atoms with Crippen molar-refractivity contribution in [1.29, 1.82) is 5.26 Å². The predicted molar refractivity (Wildman–Crippen MR) is 117 cm³/mol. The molecule has 31 heavy (non-hydrogen) atoms.